The second kappa shape index (κ2) is 4.66. The zero-order valence-electron chi connectivity index (χ0n) is 7.46. The number of hydrogen-bond donors (Lipinski definition) is 0. The molecule has 1 aromatic rings. The summed E-state index contributed by atoms with van der Waals surface area (Å²) in [5, 5.41) is 0. The minimum atomic E-state index is -0.0116. The molecule has 0 aliphatic carbocycles. The minimum Gasteiger partial charge on any atom is -0.300 e. The molecule has 0 unspecified atom stereocenters. The Hall–Kier alpha value is -1.12. The van der Waals surface area contributed by atoms with E-state index in [4.69, 9.17) is 0 Å². The first-order valence-corrected chi connectivity index (χ1v) is 3.70. The molecule has 62 valence electrons. The van der Waals surface area contributed by atoms with Gasteiger partial charge in [0.05, 0.1) is 0 Å². The third-order valence-corrected chi connectivity index (χ3v) is 1.29. The molecule has 0 spiro atoms. The Morgan fingerprint density at radius 2 is 2.00 bits per heavy atom. The molecule has 3 heteroatoms. The molecular formula is C8H14N2O. The molecular weight excluding hydrogens is 140 g/mol. The SMILES string of the molecule is CC.Cc1nccc(=O)n1C. The summed E-state index contributed by atoms with van der Waals surface area (Å²) < 4.78 is 1.50. The van der Waals surface area contributed by atoms with Crippen LogP contribution in [0.4, 0.5) is 0 Å². The molecule has 1 aromatic heterocycles. The van der Waals surface area contributed by atoms with Gasteiger partial charge >= 0.3 is 0 Å². The van der Waals surface area contributed by atoms with Gasteiger partial charge in [-0.2, -0.15) is 0 Å². The van der Waals surface area contributed by atoms with Crippen molar-refractivity contribution in [1.29, 1.82) is 0 Å². The van der Waals surface area contributed by atoms with E-state index >= 15 is 0 Å². The molecule has 0 saturated heterocycles. The van der Waals surface area contributed by atoms with Crippen molar-refractivity contribution in [3.8, 4) is 0 Å². The Kier molecular flexibility index (Phi) is 4.18. The van der Waals surface area contributed by atoms with Gasteiger partial charge in [-0.15, -0.1) is 0 Å². The largest absolute Gasteiger partial charge is 0.300 e. The van der Waals surface area contributed by atoms with E-state index in [9.17, 15) is 4.79 Å². The molecule has 0 amide bonds. The molecule has 0 aromatic carbocycles. The first-order valence-electron chi connectivity index (χ1n) is 3.70. The van der Waals surface area contributed by atoms with E-state index in [1.54, 1.807) is 14.0 Å². The summed E-state index contributed by atoms with van der Waals surface area (Å²) in [7, 11) is 1.70. The Labute approximate surface area is 66.7 Å². The van der Waals surface area contributed by atoms with Gasteiger partial charge in [0.1, 0.15) is 5.82 Å². The maximum atomic E-state index is 10.8. The normalized spacial score (nSPS) is 8.36. The van der Waals surface area contributed by atoms with E-state index in [1.165, 1.54) is 16.8 Å². The van der Waals surface area contributed by atoms with Crippen LogP contribution in [-0.4, -0.2) is 9.55 Å². The Bertz CT molecular complexity index is 265. The number of nitrogens with zero attached hydrogens (tertiary/aromatic N) is 2. The number of aromatic nitrogens is 2. The fourth-order valence-corrected chi connectivity index (χ4v) is 0.567. The van der Waals surface area contributed by atoms with Gasteiger partial charge in [-0.05, 0) is 6.92 Å². The van der Waals surface area contributed by atoms with Crippen LogP contribution in [0.15, 0.2) is 17.1 Å². The maximum Gasteiger partial charge on any atom is 0.253 e. The van der Waals surface area contributed by atoms with Gasteiger partial charge in [-0.25, -0.2) is 4.98 Å². The zero-order chi connectivity index (χ0) is 8.85. The standard InChI is InChI=1S/C6H8N2O.C2H6/c1-5-7-4-3-6(9)8(5)2;1-2/h3-4H,1-2H3;1-2H3. The van der Waals surface area contributed by atoms with Crippen LogP contribution >= 0.6 is 0 Å². The third kappa shape index (κ3) is 2.53. The Balaban J connectivity index is 0.000000461. The van der Waals surface area contributed by atoms with Crippen LogP contribution in [0.5, 0.6) is 0 Å². The minimum absolute atomic E-state index is 0.0116. The summed E-state index contributed by atoms with van der Waals surface area (Å²) >= 11 is 0. The highest BCUT2D eigenvalue weighted by Crippen LogP contribution is 1.80. The van der Waals surface area contributed by atoms with Crippen molar-refractivity contribution >= 4 is 0 Å². The summed E-state index contributed by atoms with van der Waals surface area (Å²) in [6.07, 6.45) is 1.51. The molecule has 11 heavy (non-hydrogen) atoms. The van der Waals surface area contributed by atoms with Gasteiger partial charge in [-0.3, -0.25) is 4.79 Å². The van der Waals surface area contributed by atoms with E-state index in [2.05, 4.69) is 4.98 Å². The second-order valence-corrected chi connectivity index (χ2v) is 1.89. The van der Waals surface area contributed by atoms with Crippen LogP contribution in [0.25, 0.3) is 0 Å². The molecule has 0 bridgehead atoms. The molecule has 0 atom stereocenters. The molecule has 1 heterocycles. The van der Waals surface area contributed by atoms with Crippen molar-refractivity contribution in [2.45, 2.75) is 20.8 Å². The summed E-state index contributed by atoms with van der Waals surface area (Å²) in [5.41, 5.74) is -0.0116. The average Bonchev–Trinajstić information content (AvgIpc) is 2.04. The zero-order valence-corrected chi connectivity index (χ0v) is 7.46. The van der Waals surface area contributed by atoms with Crippen molar-refractivity contribution in [2.75, 3.05) is 0 Å². The van der Waals surface area contributed by atoms with Crippen LogP contribution in [0.2, 0.25) is 0 Å². The molecule has 3 nitrogen and oxygen atoms in total. The van der Waals surface area contributed by atoms with Gasteiger partial charge in [-0.1, -0.05) is 13.8 Å². The van der Waals surface area contributed by atoms with Gasteiger partial charge in [0.15, 0.2) is 0 Å². The lowest BCUT2D eigenvalue weighted by atomic mass is 10.6. The van der Waals surface area contributed by atoms with Crippen molar-refractivity contribution in [1.82, 2.24) is 9.55 Å². The number of aryl methyl sites for hydroxylation is 1. The number of hydrogen-bond acceptors (Lipinski definition) is 2. The lowest BCUT2D eigenvalue weighted by Gasteiger charge is -1.97. The van der Waals surface area contributed by atoms with Crippen LogP contribution in [-0.2, 0) is 7.05 Å². The predicted octanol–water partition coefficient (Wildman–Crippen LogP) is 1.11. The highest BCUT2D eigenvalue weighted by molar-refractivity contribution is 4.89. The third-order valence-electron chi connectivity index (χ3n) is 1.29. The fraction of sp³-hybridized carbons (Fsp3) is 0.500. The van der Waals surface area contributed by atoms with Crippen LogP contribution in [0.3, 0.4) is 0 Å². The van der Waals surface area contributed by atoms with E-state index in [0.717, 1.165) is 5.82 Å². The summed E-state index contributed by atoms with van der Waals surface area (Å²) in [6, 6.07) is 1.44. The average molecular weight is 154 g/mol. The summed E-state index contributed by atoms with van der Waals surface area (Å²) in [6.45, 7) is 5.79. The fourth-order valence-electron chi connectivity index (χ4n) is 0.567. The van der Waals surface area contributed by atoms with Crippen LogP contribution in [0, 0.1) is 6.92 Å². The lowest BCUT2D eigenvalue weighted by molar-refractivity contribution is 0.775. The molecule has 0 radical (unpaired) electrons. The molecule has 0 aliphatic rings. The van der Waals surface area contributed by atoms with Gasteiger partial charge in [0, 0.05) is 19.3 Å². The van der Waals surface area contributed by atoms with Gasteiger partial charge in [0.2, 0.25) is 0 Å². The van der Waals surface area contributed by atoms with Gasteiger partial charge < -0.3 is 4.57 Å². The highest BCUT2D eigenvalue weighted by Gasteiger charge is 1.89. The van der Waals surface area contributed by atoms with E-state index < -0.39 is 0 Å². The first kappa shape index (κ1) is 9.88. The lowest BCUT2D eigenvalue weighted by Crippen LogP contribution is -2.18. The molecule has 0 fully saturated rings. The smallest absolute Gasteiger partial charge is 0.253 e. The maximum absolute atomic E-state index is 10.8. The molecule has 0 N–H and O–H groups in total. The highest BCUT2D eigenvalue weighted by atomic mass is 16.1. The summed E-state index contributed by atoms with van der Waals surface area (Å²) in [5.74, 6) is 0.738. The summed E-state index contributed by atoms with van der Waals surface area (Å²) in [4.78, 5) is 14.7. The Morgan fingerprint density at radius 1 is 1.45 bits per heavy atom. The second-order valence-electron chi connectivity index (χ2n) is 1.89. The quantitative estimate of drug-likeness (QED) is 0.561. The van der Waals surface area contributed by atoms with Crippen molar-refractivity contribution in [3.63, 3.8) is 0 Å². The number of rotatable bonds is 0. The molecule has 0 saturated carbocycles. The van der Waals surface area contributed by atoms with Crippen molar-refractivity contribution in [2.24, 2.45) is 7.05 Å². The Morgan fingerprint density at radius 3 is 2.36 bits per heavy atom. The van der Waals surface area contributed by atoms with Gasteiger partial charge in [0.25, 0.3) is 5.56 Å². The first-order chi connectivity index (χ1) is 5.22. The topological polar surface area (TPSA) is 34.9 Å². The van der Waals surface area contributed by atoms with E-state index in [1.807, 2.05) is 13.8 Å². The van der Waals surface area contributed by atoms with E-state index in [-0.39, 0.29) is 5.56 Å². The van der Waals surface area contributed by atoms with E-state index in [0.29, 0.717) is 0 Å². The van der Waals surface area contributed by atoms with Crippen LogP contribution < -0.4 is 5.56 Å². The van der Waals surface area contributed by atoms with Crippen molar-refractivity contribution < 1.29 is 0 Å². The molecule has 1 rings (SSSR count). The predicted molar refractivity (Wildman–Crippen MR) is 45.6 cm³/mol. The monoisotopic (exact) mass is 154 g/mol. The van der Waals surface area contributed by atoms with Crippen molar-refractivity contribution in [3.05, 3.63) is 28.4 Å². The van der Waals surface area contributed by atoms with Crippen LogP contribution in [0.1, 0.15) is 19.7 Å². The molecule has 0 aliphatic heterocycles.